The van der Waals surface area contributed by atoms with E-state index in [9.17, 15) is 29.3 Å². The summed E-state index contributed by atoms with van der Waals surface area (Å²) in [5.74, 6) is -1.05. The van der Waals surface area contributed by atoms with E-state index in [2.05, 4.69) is 26.6 Å². The number of fused-ring (bicyclic) bond motifs is 1. The molecule has 3 aromatic rings. The lowest BCUT2D eigenvalue weighted by atomic mass is 9.98. The normalized spacial score (nSPS) is 16.0. The lowest BCUT2D eigenvalue weighted by molar-refractivity contribution is -0.384. The van der Waals surface area contributed by atoms with E-state index < -0.39 is 22.8 Å². The van der Waals surface area contributed by atoms with Crippen LogP contribution in [0.4, 0.5) is 21.9 Å². The van der Waals surface area contributed by atoms with Crippen molar-refractivity contribution in [1.29, 1.82) is 0 Å². The third kappa shape index (κ3) is 5.96. The molecule has 2 aliphatic rings. The van der Waals surface area contributed by atoms with Crippen molar-refractivity contribution in [3.63, 3.8) is 0 Å². The number of urea groups is 1. The topological polar surface area (TPSA) is 172 Å². The molecule has 12 heteroatoms. The molecule has 0 aromatic heterocycles. The Kier molecular flexibility index (Phi) is 7.29. The van der Waals surface area contributed by atoms with Crippen LogP contribution in [0.5, 0.6) is 0 Å². The van der Waals surface area contributed by atoms with Crippen LogP contribution >= 0.6 is 0 Å². The minimum absolute atomic E-state index is 0.115. The van der Waals surface area contributed by atoms with Crippen molar-refractivity contribution in [1.82, 2.24) is 16.0 Å². The molecular weight excluding hydrogens is 528 g/mol. The van der Waals surface area contributed by atoms with Crippen molar-refractivity contribution >= 4 is 58.2 Å². The van der Waals surface area contributed by atoms with Gasteiger partial charge in [0, 0.05) is 42.5 Å². The van der Waals surface area contributed by atoms with Gasteiger partial charge in [0.15, 0.2) is 0 Å². The maximum Gasteiger partial charge on any atom is 0.326 e. The van der Waals surface area contributed by atoms with Crippen LogP contribution in [0.3, 0.4) is 0 Å². The fraction of sp³-hybridized carbons (Fsp3) is 0.103. The highest BCUT2D eigenvalue weighted by Gasteiger charge is 2.30. The van der Waals surface area contributed by atoms with Gasteiger partial charge in [0.2, 0.25) is 5.91 Å². The molecule has 5 rings (SSSR count). The highest BCUT2D eigenvalue weighted by atomic mass is 16.6. The smallest absolute Gasteiger partial charge is 0.326 e. The number of nitrogens with one attached hydrogen (secondary N) is 5. The number of hydrogen-bond donors (Lipinski definition) is 5. The van der Waals surface area contributed by atoms with Gasteiger partial charge < -0.3 is 21.3 Å². The van der Waals surface area contributed by atoms with Crippen molar-refractivity contribution in [3.8, 4) is 0 Å². The number of carbonyl (C=O) groups excluding carboxylic acids is 4. The predicted molar refractivity (Wildman–Crippen MR) is 152 cm³/mol. The number of benzene rings is 3. The minimum Gasteiger partial charge on any atom is -0.356 e. The maximum atomic E-state index is 13.2. The number of carbonyl (C=O) groups is 4. The molecule has 0 saturated carbocycles. The largest absolute Gasteiger partial charge is 0.356 e. The van der Waals surface area contributed by atoms with Crippen molar-refractivity contribution in [2.45, 2.75) is 13.3 Å². The highest BCUT2D eigenvalue weighted by molar-refractivity contribution is 6.37. The number of rotatable bonds is 8. The molecule has 2 aliphatic heterocycles. The van der Waals surface area contributed by atoms with Gasteiger partial charge in [-0.3, -0.25) is 29.8 Å². The van der Waals surface area contributed by atoms with Gasteiger partial charge in [0.25, 0.3) is 17.5 Å². The lowest BCUT2D eigenvalue weighted by Gasteiger charge is -2.16. The fourth-order valence-corrected chi connectivity index (χ4v) is 4.47. The first kappa shape index (κ1) is 26.8. The molecule has 0 bridgehead atoms. The molecule has 0 radical (unpaired) electrons. The number of nitro groups is 1. The quantitative estimate of drug-likeness (QED) is 0.123. The summed E-state index contributed by atoms with van der Waals surface area (Å²) in [5.41, 5.74) is 4.40. The van der Waals surface area contributed by atoms with Gasteiger partial charge in [-0.2, -0.15) is 0 Å². The summed E-state index contributed by atoms with van der Waals surface area (Å²) in [6, 6.07) is 18.0. The zero-order valence-electron chi connectivity index (χ0n) is 21.7. The summed E-state index contributed by atoms with van der Waals surface area (Å²) in [6.45, 7) is 1.93. The second kappa shape index (κ2) is 11.1. The van der Waals surface area contributed by atoms with Crippen LogP contribution in [-0.2, 0) is 20.8 Å². The molecule has 3 aromatic carbocycles. The van der Waals surface area contributed by atoms with E-state index in [4.69, 9.17) is 0 Å². The molecule has 0 atom stereocenters. The summed E-state index contributed by atoms with van der Waals surface area (Å²) in [7, 11) is 0. The Morgan fingerprint density at radius 1 is 0.927 bits per heavy atom. The van der Waals surface area contributed by atoms with Crippen LogP contribution in [0.1, 0.15) is 29.2 Å². The second-order valence-corrected chi connectivity index (χ2v) is 9.33. The van der Waals surface area contributed by atoms with Crippen molar-refractivity contribution < 1.29 is 24.1 Å². The Hall–Kier alpha value is -5.78. The molecule has 12 nitrogen and oxygen atoms in total. The monoisotopic (exact) mass is 552 g/mol. The highest BCUT2D eigenvalue weighted by Crippen LogP contribution is 2.39. The molecular formula is C29H24N6O6. The predicted octanol–water partition coefficient (Wildman–Crippen LogP) is 3.39. The average Bonchev–Trinajstić information content (AvgIpc) is 3.44. The third-order valence-corrected chi connectivity index (χ3v) is 6.45. The van der Waals surface area contributed by atoms with Crippen LogP contribution in [0, 0.1) is 10.1 Å². The van der Waals surface area contributed by atoms with Crippen molar-refractivity contribution in [2.75, 3.05) is 17.2 Å². The van der Waals surface area contributed by atoms with E-state index in [1.54, 1.807) is 24.3 Å². The molecule has 5 N–H and O–H groups in total. The number of anilines is 2. The Morgan fingerprint density at radius 3 is 2.29 bits per heavy atom. The number of nitrogens with zero attached hydrogens (tertiary/aromatic N) is 1. The third-order valence-electron chi connectivity index (χ3n) is 6.45. The standard InChI is InChI=1S/C29H24N6O6/c1-16(36)30-13-12-17-2-6-19(7-3-17)26(25-22-15-21(35(40)41)10-11-23(22)32-28(25)38)31-20-8-4-18(5-9-20)14-24-27(37)34-29(39)33-24/h2-11,14-15,31H,12-13H2,1H3,(H,30,36)(H,32,38)(H2,33,34,37,39). The van der Waals surface area contributed by atoms with Gasteiger partial charge in [0.1, 0.15) is 5.70 Å². The van der Waals surface area contributed by atoms with Gasteiger partial charge in [-0.05, 0) is 47.4 Å². The molecule has 5 amide bonds. The van der Waals surface area contributed by atoms with Gasteiger partial charge in [0.05, 0.1) is 16.2 Å². The van der Waals surface area contributed by atoms with E-state index in [1.807, 2.05) is 24.3 Å². The molecule has 41 heavy (non-hydrogen) atoms. The van der Waals surface area contributed by atoms with Gasteiger partial charge in [-0.1, -0.05) is 36.4 Å². The Balaban J connectivity index is 1.51. The summed E-state index contributed by atoms with van der Waals surface area (Å²) in [5, 5.41) is 24.9. The van der Waals surface area contributed by atoms with Crippen LogP contribution in [0.15, 0.2) is 72.4 Å². The molecule has 1 saturated heterocycles. The van der Waals surface area contributed by atoms with Crippen LogP contribution in [-0.4, -0.2) is 35.2 Å². The van der Waals surface area contributed by atoms with Gasteiger partial charge in [-0.25, -0.2) is 4.79 Å². The zero-order chi connectivity index (χ0) is 29.1. The van der Waals surface area contributed by atoms with Crippen LogP contribution in [0.25, 0.3) is 17.3 Å². The van der Waals surface area contributed by atoms with E-state index >= 15 is 0 Å². The molecule has 0 unspecified atom stereocenters. The molecule has 0 aliphatic carbocycles. The first-order valence-corrected chi connectivity index (χ1v) is 12.6. The molecule has 206 valence electrons. The summed E-state index contributed by atoms with van der Waals surface area (Å²) < 4.78 is 0. The number of amides is 5. The Morgan fingerprint density at radius 2 is 1.66 bits per heavy atom. The van der Waals surface area contributed by atoms with Crippen LogP contribution < -0.4 is 26.6 Å². The van der Waals surface area contributed by atoms with E-state index in [-0.39, 0.29) is 22.9 Å². The second-order valence-electron chi connectivity index (χ2n) is 9.33. The van der Waals surface area contributed by atoms with Crippen molar-refractivity contribution in [3.05, 3.63) is 105 Å². The van der Waals surface area contributed by atoms with Crippen molar-refractivity contribution in [2.24, 2.45) is 0 Å². The fourth-order valence-electron chi connectivity index (χ4n) is 4.47. The number of hydrogen-bond acceptors (Lipinski definition) is 7. The summed E-state index contributed by atoms with van der Waals surface area (Å²) in [4.78, 5) is 58.5. The van der Waals surface area contributed by atoms with E-state index in [1.165, 1.54) is 31.2 Å². The minimum atomic E-state index is -0.590. The number of imide groups is 1. The van der Waals surface area contributed by atoms with Gasteiger partial charge >= 0.3 is 6.03 Å². The first-order valence-electron chi connectivity index (χ1n) is 12.6. The van der Waals surface area contributed by atoms with E-state index in [0.717, 1.165) is 5.56 Å². The Bertz CT molecular complexity index is 1660. The number of non-ortho nitro benzene ring substituents is 1. The maximum absolute atomic E-state index is 13.2. The van der Waals surface area contributed by atoms with Crippen LogP contribution in [0.2, 0.25) is 0 Å². The molecule has 2 heterocycles. The average molecular weight is 553 g/mol. The Labute approximate surface area is 233 Å². The van der Waals surface area contributed by atoms with E-state index in [0.29, 0.717) is 46.7 Å². The summed E-state index contributed by atoms with van der Waals surface area (Å²) >= 11 is 0. The lowest BCUT2D eigenvalue weighted by Crippen LogP contribution is -2.22. The SMILES string of the molecule is CC(=O)NCCc1ccc(C(Nc2ccc(C=C3NC(=O)NC3=O)cc2)=C2C(=O)Nc3ccc([N+](=O)[O-])cc32)cc1. The van der Waals surface area contributed by atoms with Gasteiger partial charge in [-0.15, -0.1) is 0 Å². The molecule has 0 spiro atoms. The zero-order valence-corrected chi connectivity index (χ0v) is 21.7. The summed E-state index contributed by atoms with van der Waals surface area (Å²) in [6.07, 6.45) is 2.15. The molecule has 1 fully saturated rings. The number of nitro benzene ring substituents is 1. The first-order chi connectivity index (χ1) is 19.7.